The number of nitrogens with zero attached hydrogens (tertiary/aromatic N) is 2. The van der Waals surface area contributed by atoms with Gasteiger partial charge in [0.2, 0.25) is 0 Å². The van der Waals surface area contributed by atoms with Crippen molar-refractivity contribution in [2.45, 2.75) is 26.1 Å². The van der Waals surface area contributed by atoms with Crippen molar-refractivity contribution in [3.05, 3.63) is 65.7 Å². The van der Waals surface area contributed by atoms with Gasteiger partial charge in [0.25, 0.3) is 0 Å². The Labute approximate surface area is 194 Å². The first-order chi connectivity index (χ1) is 13.6. The van der Waals surface area contributed by atoms with Crippen LogP contribution in [-0.4, -0.2) is 47.6 Å². The number of benzene rings is 2. The molecule has 0 aliphatic rings. The molecule has 0 saturated heterocycles. The van der Waals surface area contributed by atoms with E-state index in [1.807, 2.05) is 63.4 Å². The number of guanidine groups is 1. The summed E-state index contributed by atoms with van der Waals surface area (Å²) in [7, 11) is 1.10. The van der Waals surface area contributed by atoms with Crippen molar-refractivity contribution in [3.8, 4) is 5.75 Å². The van der Waals surface area contributed by atoms with Gasteiger partial charge in [-0.2, -0.15) is 0 Å². The zero-order chi connectivity index (χ0) is 20.2. The monoisotopic (exact) mass is 529 g/mol. The number of nitrogens with one attached hydrogen (secondary N) is 1. The highest BCUT2D eigenvalue weighted by atomic mass is 127. The molecule has 2 aromatic carbocycles. The van der Waals surface area contributed by atoms with Crippen molar-refractivity contribution in [3.63, 3.8) is 0 Å². The average Bonchev–Trinajstić information content (AvgIpc) is 2.70. The third-order valence-corrected chi connectivity index (χ3v) is 5.39. The molecule has 0 bridgehead atoms. The minimum atomic E-state index is -0.915. The molecule has 0 aliphatic carbocycles. The zero-order valence-electron chi connectivity index (χ0n) is 17.5. The number of ether oxygens (including phenoxy) is 1. The second-order valence-electron chi connectivity index (χ2n) is 6.44. The highest BCUT2D eigenvalue weighted by Crippen LogP contribution is 2.13. The molecule has 29 heavy (non-hydrogen) atoms. The van der Waals surface area contributed by atoms with E-state index in [2.05, 4.69) is 27.3 Å². The van der Waals surface area contributed by atoms with Crippen LogP contribution in [0.25, 0.3) is 0 Å². The summed E-state index contributed by atoms with van der Waals surface area (Å²) < 4.78 is 17.8. The van der Waals surface area contributed by atoms with Crippen molar-refractivity contribution in [2.75, 3.05) is 32.5 Å². The number of halogens is 1. The van der Waals surface area contributed by atoms with E-state index in [1.54, 1.807) is 0 Å². The quantitative estimate of drug-likeness (QED) is 0.287. The minimum absolute atomic E-state index is 0. The Morgan fingerprint density at radius 1 is 1.07 bits per heavy atom. The van der Waals surface area contributed by atoms with E-state index in [4.69, 9.17) is 4.74 Å². The summed E-state index contributed by atoms with van der Waals surface area (Å²) in [5.41, 5.74) is 2.29. The van der Waals surface area contributed by atoms with Gasteiger partial charge in [-0.05, 0) is 37.1 Å². The van der Waals surface area contributed by atoms with Gasteiger partial charge in [0.1, 0.15) is 5.75 Å². The summed E-state index contributed by atoms with van der Waals surface area (Å²) in [5, 5.41) is 3.31. The number of hydrogen-bond donors (Lipinski definition) is 1. The van der Waals surface area contributed by atoms with Crippen LogP contribution in [0.15, 0.2) is 59.6 Å². The van der Waals surface area contributed by atoms with E-state index in [0.717, 1.165) is 30.4 Å². The smallest absolute Gasteiger partial charge is 0.193 e. The fourth-order valence-corrected chi connectivity index (χ4v) is 3.77. The van der Waals surface area contributed by atoms with Crippen LogP contribution < -0.4 is 10.1 Å². The summed E-state index contributed by atoms with van der Waals surface area (Å²) in [6.07, 6.45) is 0. The van der Waals surface area contributed by atoms with Crippen molar-refractivity contribution in [1.29, 1.82) is 0 Å². The van der Waals surface area contributed by atoms with Gasteiger partial charge in [0.05, 0.1) is 13.2 Å². The van der Waals surface area contributed by atoms with Crippen molar-refractivity contribution in [1.82, 2.24) is 10.2 Å². The fourth-order valence-electron chi connectivity index (χ4n) is 2.76. The maximum Gasteiger partial charge on any atom is 0.193 e. The third kappa shape index (κ3) is 9.62. The van der Waals surface area contributed by atoms with Gasteiger partial charge < -0.3 is 15.0 Å². The highest BCUT2D eigenvalue weighted by Gasteiger charge is 2.08. The van der Waals surface area contributed by atoms with Gasteiger partial charge in [-0.3, -0.25) is 9.20 Å². The van der Waals surface area contributed by atoms with Crippen LogP contribution in [0.1, 0.15) is 25.0 Å². The molecule has 5 nitrogen and oxygen atoms in total. The van der Waals surface area contributed by atoms with Gasteiger partial charge in [-0.25, -0.2) is 0 Å². The van der Waals surface area contributed by atoms with Crippen molar-refractivity contribution >= 4 is 40.7 Å². The lowest BCUT2D eigenvalue weighted by Gasteiger charge is -2.22. The van der Waals surface area contributed by atoms with Gasteiger partial charge in [-0.1, -0.05) is 42.5 Å². The van der Waals surface area contributed by atoms with Crippen LogP contribution in [0.3, 0.4) is 0 Å². The van der Waals surface area contributed by atoms with E-state index >= 15 is 0 Å². The fraction of sp³-hybridized carbons (Fsp3) is 0.409. The first kappa shape index (κ1) is 25.4. The molecular weight excluding hydrogens is 497 g/mol. The van der Waals surface area contributed by atoms with Crippen LogP contribution >= 0.6 is 24.0 Å². The maximum atomic E-state index is 12.3. The molecule has 0 heterocycles. The molecule has 0 saturated carbocycles. The predicted octanol–water partition coefficient (Wildman–Crippen LogP) is 4.05. The van der Waals surface area contributed by atoms with Gasteiger partial charge in [0, 0.05) is 42.4 Å². The van der Waals surface area contributed by atoms with Crippen LogP contribution in [0.2, 0.25) is 0 Å². The van der Waals surface area contributed by atoms with Crippen LogP contribution in [-0.2, 0) is 23.1 Å². The molecule has 0 aliphatic heterocycles. The Balaban J connectivity index is 0.00000420. The Morgan fingerprint density at radius 3 is 2.38 bits per heavy atom. The Kier molecular flexibility index (Phi) is 12.6. The molecule has 160 valence electrons. The van der Waals surface area contributed by atoms with Gasteiger partial charge in [0.15, 0.2) is 5.96 Å². The lowest BCUT2D eigenvalue weighted by molar-refractivity contribution is 0.340. The molecular formula is C22H32IN3O2S. The molecule has 0 radical (unpaired) electrons. The summed E-state index contributed by atoms with van der Waals surface area (Å²) in [6.45, 7) is 6.77. The average molecular weight is 529 g/mol. The Hall–Kier alpha value is -1.61. The van der Waals surface area contributed by atoms with E-state index in [9.17, 15) is 4.21 Å². The molecule has 0 fully saturated rings. The Bertz CT molecular complexity index is 754. The van der Waals surface area contributed by atoms with E-state index in [0.29, 0.717) is 24.7 Å². The molecule has 1 N–H and O–H groups in total. The Morgan fingerprint density at radius 2 is 1.76 bits per heavy atom. The standard InChI is InChI=1S/C22H31N3O2S.HI/c1-4-23-22(24-15-16-28(26)18-20-9-7-6-8-10-20)25(3)17-19-11-13-21(14-12-19)27-5-2;/h6-14H,4-5,15-18H2,1-3H3,(H,23,24);1H. The predicted molar refractivity (Wildman–Crippen MR) is 134 cm³/mol. The van der Waals surface area contributed by atoms with Crippen molar-refractivity contribution < 1.29 is 8.95 Å². The lowest BCUT2D eigenvalue weighted by Crippen LogP contribution is -2.38. The third-order valence-electron chi connectivity index (χ3n) is 4.10. The number of hydrogen-bond acceptors (Lipinski definition) is 3. The normalized spacial score (nSPS) is 12.0. The molecule has 0 spiro atoms. The van der Waals surface area contributed by atoms with E-state index in [-0.39, 0.29) is 24.0 Å². The first-order valence-electron chi connectivity index (χ1n) is 9.72. The summed E-state index contributed by atoms with van der Waals surface area (Å²) in [6, 6.07) is 18.1. The summed E-state index contributed by atoms with van der Waals surface area (Å²) >= 11 is 0. The van der Waals surface area contributed by atoms with Crippen LogP contribution in [0.5, 0.6) is 5.75 Å². The SMILES string of the molecule is CCNC(=NCCS(=O)Cc1ccccc1)N(C)Cc1ccc(OCC)cc1.I. The molecule has 1 unspecified atom stereocenters. The number of aliphatic imine (C=N–C) groups is 1. The van der Waals surface area contributed by atoms with Crippen LogP contribution in [0, 0.1) is 0 Å². The van der Waals surface area contributed by atoms with E-state index in [1.165, 1.54) is 5.56 Å². The molecule has 0 aromatic heterocycles. The molecule has 7 heteroatoms. The highest BCUT2D eigenvalue weighted by molar-refractivity contribution is 14.0. The minimum Gasteiger partial charge on any atom is -0.494 e. The second-order valence-corrected chi connectivity index (χ2v) is 8.02. The second kappa shape index (κ2) is 14.4. The van der Waals surface area contributed by atoms with E-state index < -0.39 is 10.8 Å². The van der Waals surface area contributed by atoms with Gasteiger partial charge >= 0.3 is 0 Å². The zero-order valence-corrected chi connectivity index (χ0v) is 20.6. The van der Waals surface area contributed by atoms with Crippen LogP contribution in [0.4, 0.5) is 0 Å². The lowest BCUT2D eigenvalue weighted by atomic mass is 10.2. The molecule has 1 atom stereocenters. The summed E-state index contributed by atoms with van der Waals surface area (Å²) in [5.74, 6) is 2.85. The molecule has 2 aromatic rings. The summed E-state index contributed by atoms with van der Waals surface area (Å²) in [4.78, 5) is 6.73. The van der Waals surface area contributed by atoms with Crippen molar-refractivity contribution in [2.24, 2.45) is 4.99 Å². The maximum absolute atomic E-state index is 12.3. The number of rotatable bonds is 10. The first-order valence-corrected chi connectivity index (χ1v) is 11.2. The van der Waals surface area contributed by atoms with Gasteiger partial charge in [-0.15, -0.1) is 24.0 Å². The molecule has 0 amide bonds. The topological polar surface area (TPSA) is 53.9 Å². The molecule has 2 rings (SSSR count). The largest absolute Gasteiger partial charge is 0.494 e.